The number of carbonyl (C=O) groups excluding carboxylic acids is 1. The lowest BCUT2D eigenvalue weighted by Crippen LogP contribution is -2.33. The van der Waals surface area contributed by atoms with Crippen molar-refractivity contribution in [3.8, 4) is 0 Å². The fraction of sp³-hybridized carbons (Fsp3) is 0.500. The number of nitrogens with one attached hydrogen (secondary N) is 1. The van der Waals surface area contributed by atoms with Gasteiger partial charge in [0.15, 0.2) is 0 Å². The second-order valence-electron chi connectivity index (χ2n) is 4.75. The van der Waals surface area contributed by atoms with E-state index in [1.165, 1.54) is 0 Å². The van der Waals surface area contributed by atoms with Crippen LogP contribution in [0.1, 0.15) is 17.3 Å². The Morgan fingerprint density at radius 1 is 1.26 bits per heavy atom. The Hall–Kier alpha value is -1.26. The van der Waals surface area contributed by atoms with E-state index in [4.69, 9.17) is 11.6 Å². The molecular formula is C14H22ClN3O. The molecule has 4 nitrogen and oxygen atoms in total. The standard InChI is InChI=1S/C14H22ClN3O/c1-5-16-13-7-6-11(15)10-12(13)14(19)18(4)9-8-17(2)3/h6-7,10,16H,5,8-9H2,1-4H3. The zero-order chi connectivity index (χ0) is 14.4. The van der Waals surface area contributed by atoms with E-state index in [0.717, 1.165) is 18.8 Å². The number of likely N-dealkylation sites (N-methyl/N-ethyl adjacent to an activating group) is 2. The summed E-state index contributed by atoms with van der Waals surface area (Å²) in [5.41, 5.74) is 1.45. The van der Waals surface area contributed by atoms with Crippen LogP contribution in [-0.2, 0) is 0 Å². The van der Waals surface area contributed by atoms with Crippen molar-refractivity contribution in [1.82, 2.24) is 9.80 Å². The zero-order valence-electron chi connectivity index (χ0n) is 12.0. The molecule has 1 rings (SSSR count). The van der Waals surface area contributed by atoms with Crippen molar-refractivity contribution in [2.45, 2.75) is 6.92 Å². The molecule has 106 valence electrons. The Morgan fingerprint density at radius 3 is 2.53 bits per heavy atom. The maximum atomic E-state index is 12.4. The second kappa shape index (κ2) is 7.36. The van der Waals surface area contributed by atoms with Crippen LogP contribution in [0, 0.1) is 0 Å². The monoisotopic (exact) mass is 283 g/mol. The van der Waals surface area contributed by atoms with Gasteiger partial charge in [-0.25, -0.2) is 0 Å². The Morgan fingerprint density at radius 2 is 1.95 bits per heavy atom. The summed E-state index contributed by atoms with van der Waals surface area (Å²) in [6.07, 6.45) is 0. The largest absolute Gasteiger partial charge is 0.385 e. The third-order valence-corrected chi connectivity index (χ3v) is 3.04. The number of rotatable bonds is 6. The molecule has 1 N–H and O–H groups in total. The molecule has 0 saturated carbocycles. The summed E-state index contributed by atoms with van der Waals surface area (Å²) in [6.45, 7) is 4.28. The lowest BCUT2D eigenvalue weighted by atomic mass is 10.1. The molecule has 0 radical (unpaired) electrons. The lowest BCUT2D eigenvalue weighted by Gasteiger charge is -2.21. The smallest absolute Gasteiger partial charge is 0.255 e. The molecule has 0 fully saturated rings. The molecule has 1 aromatic rings. The first kappa shape index (κ1) is 15.8. The average molecular weight is 284 g/mol. The fourth-order valence-electron chi connectivity index (χ4n) is 1.70. The first-order valence-corrected chi connectivity index (χ1v) is 6.77. The summed E-state index contributed by atoms with van der Waals surface area (Å²) >= 11 is 5.99. The summed E-state index contributed by atoms with van der Waals surface area (Å²) in [5, 5.41) is 3.76. The van der Waals surface area contributed by atoms with E-state index in [-0.39, 0.29) is 5.91 Å². The van der Waals surface area contributed by atoms with E-state index in [1.54, 1.807) is 17.0 Å². The molecule has 0 aliphatic rings. The molecule has 0 bridgehead atoms. The Balaban J connectivity index is 2.87. The van der Waals surface area contributed by atoms with Gasteiger partial charge < -0.3 is 15.1 Å². The first-order valence-electron chi connectivity index (χ1n) is 6.39. The molecule has 0 aromatic heterocycles. The Bertz CT molecular complexity index is 435. The van der Waals surface area contributed by atoms with Gasteiger partial charge in [0.25, 0.3) is 5.91 Å². The molecule has 0 aliphatic heterocycles. The Kier molecular flexibility index (Phi) is 6.12. The normalized spacial score (nSPS) is 10.6. The molecule has 0 spiro atoms. The van der Waals surface area contributed by atoms with Crippen LogP contribution in [0.4, 0.5) is 5.69 Å². The maximum Gasteiger partial charge on any atom is 0.255 e. The van der Waals surface area contributed by atoms with Gasteiger partial charge in [0.05, 0.1) is 5.56 Å². The van der Waals surface area contributed by atoms with Gasteiger partial charge in [-0.15, -0.1) is 0 Å². The SMILES string of the molecule is CCNc1ccc(Cl)cc1C(=O)N(C)CCN(C)C. The number of carbonyl (C=O) groups is 1. The summed E-state index contributed by atoms with van der Waals surface area (Å²) < 4.78 is 0. The molecular weight excluding hydrogens is 262 g/mol. The third-order valence-electron chi connectivity index (χ3n) is 2.81. The molecule has 0 heterocycles. The summed E-state index contributed by atoms with van der Waals surface area (Å²) in [6, 6.07) is 5.35. The van der Waals surface area contributed by atoms with Crippen LogP contribution >= 0.6 is 11.6 Å². The van der Waals surface area contributed by atoms with Crippen LogP contribution in [0.25, 0.3) is 0 Å². The minimum absolute atomic E-state index is 0.0136. The highest BCUT2D eigenvalue weighted by atomic mass is 35.5. The van der Waals surface area contributed by atoms with Crippen molar-refractivity contribution in [3.05, 3.63) is 28.8 Å². The first-order chi connectivity index (χ1) is 8.95. The van der Waals surface area contributed by atoms with Crippen LogP contribution in [0.15, 0.2) is 18.2 Å². The summed E-state index contributed by atoms with van der Waals surface area (Å²) in [7, 11) is 5.78. The van der Waals surface area contributed by atoms with Crippen LogP contribution in [0.3, 0.4) is 0 Å². The number of anilines is 1. The van der Waals surface area contributed by atoms with Gasteiger partial charge in [-0.05, 0) is 39.2 Å². The zero-order valence-corrected chi connectivity index (χ0v) is 12.8. The van der Waals surface area contributed by atoms with E-state index < -0.39 is 0 Å². The quantitative estimate of drug-likeness (QED) is 0.871. The predicted octanol–water partition coefficient (Wildman–Crippen LogP) is 2.41. The van der Waals surface area contributed by atoms with E-state index >= 15 is 0 Å². The van der Waals surface area contributed by atoms with Crippen LogP contribution in [-0.4, -0.2) is 56.5 Å². The topological polar surface area (TPSA) is 35.6 Å². The summed E-state index contributed by atoms with van der Waals surface area (Å²) in [4.78, 5) is 16.2. The van der Waals surface area contributed by atoms with Crippen molar-refractivity contribution in [2.24, 2.45) is 0 Å². The van der Waals surface area contributed by atoms with E-state index in [0.29, 0.717) is 17.1 Å². The van der Waals surface area contributed by atoms with Crippen LogP contribution < -0.4 is 5.32 Å². The van der Waals surface area contributed by atoms with Gasteiger partial charge in [-0.2, -0.15) is 0 Å². The van der Waals surface area contributed by atoms with Crippen LogP contribution in [0.2, 0.25) is 5.02 Å². The molecule has 0 aliphatic carbocycles. The van der Waals surface area contributed by atoms with Gasteiger partial charge in [-0.3, -0.25) is 4.79 Å². The highest BCUT2D eigenvalue weighted by Crippen LogP contribution is 2.21. The number of nitrogens with zero attached hydrogens (tertiary/aromatic N) is 2. The maximum absolute atomic E-state index is 12.4. The van der Waals surface area contributed by atoms with E-state index in [9.17, 15) is 4.79 Å². The van der Waals surface area contributed by atoms with E-state index in [2.05, 4.69) is 5.32 Å². The third kappa shape index (κ3) is 4.73. The number of halogens is 1. The average Bonchev–Trinajstić information content (AvgIpc) is 2.37. The van der Waals surface area contributed by atoms with Gasteiger partial charge in [0.2, 0.25) is 0 Å². The van der Waals surface area contributed by atoms with Crippen molar-refractivity contribution < 1.29 is 4.79 Å². The van der Waals surface area contributed by atoms with Crippen molar-refractivity contribution >= 4 is 23.2 Å². The van der Waals surface area contributed by atoms with Crippen molar-refractivity contribution in [3.63, 3.8) is 0 Å². The molecule has 0 unspecified atom stereocenters. The minimum Gasteiger partial charge on any atom is -0.385 e. The van der Waals surface area contributed by atoms with Gasteiger partial charge >= 0.3 is 0 Å². The molecule has 0 saturated heterocycles. The molecule has 19 heavy (non-hydrogen) atoms. The Labute approximate surface area is 120 Å². The van der Waals surface area contributed by atoms with Gasteiger partial charge in [-0.1, -0.05) is 11.6 Å². The number of benzene rings is 1. The second-order valence-corrected chi connectivity index (χ2v) is 5.19. The highest BCUT2D eigenvalue weighted by molar-refractivity contribution is 6.31. The molecule has 1 aromatic carbocycles. The van der Waals surface area contributed by atoms with Crippen molar-refractivity contribution in [1.29, 1.82) is 0 Å². The van der Waals surface area contributed by atoms with Crippen LogP contribution in [0.5, 0.6) is 0 Å². The minimum atomic E-state index is -0.0136. The van der Waals surface area contributed by atoms with E-state index in [1.807, 2.05) is 39.0 Å². The number of hydrogen-bond donors (Lipinski definition) is 1. The number of hydrogen-bond acceptors (Lipinski definition) is 3. The van der Waals surface area contributed by atoms with Crippen molar-refractivity contribution in [2.75, 3.05) is 46.1 Å². The summed E-state index contributed by atoms with van der Waals surface area (Å²) in [5.74, 6) is -0.0136. The molecule has 0 atom stereocenters. The molecule has 5 heteroatoms. The van der Waals surface area contributed by atoms with Gasteiger partial charge in [0, 0.05) is 37.4 Å². The number of amides is 1. The fourth-order valence-corrected chi connectivity index (χ4v) is 1.87. The molecule has 1 amide bonds. The highest BCUT2D eigenvalue weighted by Gasteiger charge is 2.16. The predicted molar refractivity (Wildman–Crippen MR) is 81.1 cm³/mol. The van der Waals surface area contributed by atoms with Gasteiger partial charge in [0.1, 0.15) is 0 Å². The lowest BCUT2D eigenvalue weighted by molar-refractivity contribution is 0.0787.